The second-order valence-electron chi connectivity index (χ2n) is 6.62. The average molecular weight is 373 g/mol. The SMILES string of the molecule is CC.CC(C)(C)c1cc(-c2csc(-c3ccc(N)cc3Cl)c2)ccn1. The van der Waals surface area contributed by atoms with Gasteiger partial charge in [0.1, 0.15) is 0 Å². The number of benzene rings is 1. The van der Waals surface area contributed by atoms with Gasteiger partial charge in [0.05, 0.1) is 5.02 Å². The van der Waals surface area contributed by atoms with Gasteiger partial charge in [-0.1, -0.05) is 52.3 Å². The van der Waals surface area contributed by atoms with Crippen LogP contribution in [0.3, 0.4) is 0 Å². The summed E-state index contributed by atoms with van der Waals surface area (Å²) in [6, 6.07) is 12.0. The molecule has 2 N–H and O–H groups in total. The second-order valence-corrected chi connectivity index (χ2v) is 7.94. The zero-order chi connectivity index (χ0) is 18.6. The summed E-state index contributed by atoms with van der Waals surface area (Å²) in [5, 5.41) is 2.84. The van der Waals surface area contributed by atoms with Crippen LogP contribution in [0.1, 0.15) is 40.3 Å². The molecule has 0 saturated carbocycles. The number of nitrogen functional groups attached to an aromatic ring is 1. The fourth-order valence-electron chi connectivity index (χ4n) is 2.38. The molecule has 0 bridgehead atoms. The van der Waals surface area contributed by atoms with Crippen molar-refractivity contribution >= 4 is 28.6 Å². The lowest BCUT2D eigenvalue weighted by molar-refractivity contribution is 0.569. The van der Waals surface area contributed by atoms with E-state index < -0.39 is 0 Å². The Kier molecular flexibility index (Phi) is 6.26. The summed E-state index contributed by atoms with van der Waals surface area (Å²) in [4.78, 5) is 5.63. The van der Waals surface area contributed by atoms with E-state index in [0.29, 0.717) is 10.7 Å². The molecule has 25 heavy (non-hydrogen) atoms. The first kappa shape index (κ1) is 19.5. The Bertz CT molecular complexity index is 847. The molecule has 0 saturated heterocycles. The highest BCUT2D eigenvalue weighted by Crippen LogP contribution is 2.37. The number of pyridine rings is 1. The van der Waals surface area contributed by atoms with Crippen LogP contribution in [0.15, 0.2) is 48.0 Å². The van der Waals surface area contributed by atoms with E-state index in [1.54, 1.807) is 17.4 Å². The molecule has 0 spiro atoms. The average Bonchev–Trinajstić information content (AvgIpc) is 3.06. The smallest absolute Gasteiger partial charge is 0.0513 e. The molecule has 132 valence electrons. The van der Waals surface area contributed by atoms with Gasteiger partial charge in [0, 0.05) is 33.4 Å². The van der Waals surface area contributed by atoms with E-state index in [4.69, 9.17) is 17.3 Å². The standard InChI is InChI=1S/C19H19ClN2S.C2H6/c1-19(2,3)18-9-12(6-7-22-18)13-8-17(23-11-13)15-5-4-14(21)10-16(15)20;1-2/h4-11H,21H2,1-3H3;1-2H3. The van der Waals surface area contributed by atoms with E-state index in [-0.39, 0.29) is 5.41 Å². The van der Waals surface area contributed by atoms with Crippen LogP contribution < -0.4 is 5.73 Å². The van der Waals surface area contributed by atoms with E-state index in [1.807, 2.05) is 38.2 Å². The summed E-state index contributed by atoms with van der Waals surface area (Å²) in [6.07, 6.45) is 1.88. The van der Waals surface area contributed by atoms with Crippen molar-refractivity contribution in [2.75, 3.05) is 5.73 Å². The first-order chi connectivity index (χ1) is 11.8. The molecular formula is C21H25ClN2S. The molecule has 0 unspecified atom stereocenters. The molecule has 0 atom stereocenters. The van der Waals surface area contributed by atoms with Crippen LogP contribution in [0.25, 0.3) is 21.6 Å². The summed E-state index contributed by atoms with van der Waals surface area (Å²) < 4.78 is 0. The quantitative estimate of drug-likeness (QED) is 0.490. The van der Waals surface area contributed by atoms with Crippen molar-refractivity contribution in [3.63, 3.8) is 0 Å². The van der Waals surface area contributed by atoms with Gasteiger partial charge < -0.3 is 5.73 Å². The van der Waals surface area contributed by atoms with E-state index in [2.05, 4.69) is 43.3 Å². The molecule has 3 rings (SSSR count). The molecule has 0 aliphatic carbocycles. The molecule has 2 aromatic heterocycles. The number of nitrogens with zero attached hydrogens (tertiary/aromatic N) is 1. The van der Waals surface area contributed by atoms with Crippen LogP contribution in [0.5, 0.6) is 0 Å². The fraction of sp³-hybridized carbons (Fsp3) is 0.286. The third kappa shape index (κ3) is 4.62. The highest BCUT2D eigenvalue weighted by molar-refractivity contribution is 7.14. The monoisotopic (exact) mass is 372 g/mol. The van der Waals surface area contributed by atoms with Crippen LogP contribution >= 0.6 is 22.9 Å². The van der Waals surface area contributed by atoms with Crippen molar-refractivity contribution in [1.29, 1.82) is 0 Å². The summed E-state index contributed by atoms with van der Waals surface area (Å²) in [7, 11) is 0. The summed E-state index contributed by atoms with van der Waals surface area (Å²) in [6.45, 7) is 10.5. The largest absolute Gasteiger partial charge is 0.399 e. The number of hydrogen-bond donors (Lipinski definition) is 1. The normalized spacial score (nSPS) is 11.0. The molecule has 2 heterocycles. The maximum atomic E-state index is 6.32. The number of anilines is 1. The lowest BCUT2D eigenvalue weighted by atomic mass is 9.90. The van der Waals surface area contributed by atoms with Crippen molar-refractivity contribution in [3.8, 4) is 21.6 Å². The third-order valence-corrected chi connectivity index (χ3v) is 5.00. The topological polar surface area (TPSA) is 38.9 Å². The zero-order valence-electron chi connectivity index (χ0n) is 15.4. The van der Waals surface area contributed by atoms with Gasteiger partial charge in [-0.25, -0.2) is 0 Å². The van der Waals surface area contributed by atoms with Crippen molar-refractivity contribution in [1.82, 2.24) is 4.98 Å². The maximum Gasteiger partial charge on any atom is 0.0513 e. The van der Waals surface area contributed by atoms with Crippen LogP contribution in [0.4, 0.5) is 5.69 Å². The van der Waals surface area contributed by atoms with Crippen LogP contribution in [0.2, 0.25) is 5.02 Å². The fourth-order valence-corrected chi connectivity index (χ4v) is 3.69. The molecule has 4 heteroatoms. The summed E-state index contributed by atoms with van der Waals surface area (Å²) in [5.41, 5.74) is 11.0. The van der Waals surface area contributed by atoms with Gasteiger partial charge in [0.25, 0.3) is 0 Å². The molecule has 0 fully saturated rings. The van der Waals surface area contributed by atoms with Gasteiger partial charge in [-0.3, -0.25) is 4.98 Å². The van der Waals surface area contributed by atoms with Crippen molar-refractivity contribution in [2.45, 2.75) is 40.0 Å². The molecule has 2 nitrogen and oxygen atoms in total. The summed E-state index contributed by atoms with van der Waals surface area (Å²) in [5.74, 6) is 0. The Morgan fingerprint density at radius 3 is 2.36 bits per heavy atom. The van der Waals surface area contributed by atoms with E-state index in [1.165, 1.54) is 11.1 Å². The lowest BCUT2D eigenvalue weighted by Gasteiger charge is -2.18. The van der Waals surface area contributed by atoms with Gasteiger partial charge in [-0.05, 0) is 46.8 Å². The number of hydrogen-bond acceptors (Lipinski definition) is 3. The predicted molar refractivity (Wildman–Crippen MR) is 112 cm³/mol. The number of nitrogens with two attached hydrogens (primary N) is 1. The Balaban J connectivity index is 0.00000109. The lowest BCUT2D eigenvalue weighted by Crippen LogP contribution is -2.13. The minimum atomic E-state index is 0.0368. The van der Waals surface area contributed by atoms with E-state index in [0.717, 1.165) is 16.1 Å². The minimum Gasteiger partial charge on any atom is -0.399 e. The van der Waals surface area contributed by atoms with Gasteiger partial charge in [-0.15, -0.1) is 11.3 Å². The highest BCUT2D eigenvalue weighted by Gasteiger charge is 2.16. The molecule has 0 amide bonds. The molecule has 1 aromatic carbocycles. The first-order valence-corrected chi connectivity index (χ1v) is 9.71. The maximum absolute atomic E-state index is 6.32. The Morgan fingerprint density at radius 1 is 1.00 bits per heavy atom. The Labute approximate surface area is 159 Å². The Hall–Kier alpha value is -1.84. The molecule has 0 radical (unpaired) electrons. The molecule has 0 aliphatic heterocycles. The molecule has 0 aliphatic rings. The van der Waals surface area contributed by atoms with Crippen molar-refractivity contribution in [3.05, 3.63) is 58.7 Å². The predicted octanol–water partition coefficient (Wildman–Crippen LogP) is 7.04. The van der Waals surface area contributed by atoms with Crippen molar-refractivity contribution < 1.29 is 0 Å². The van der Waals surface area contributed by atoms with Gasteiger partial charge in [0.2, 0.25) is 0 Å². The Morgan fingerprint density at radius 2 is 1.72 bits per heavy atom. The minimum absolute atomic E-state index is 0.0368. The highest BCUT2D eigenvalue weighted by atomic mass is 35.5. The van der Waals surface area contributed by atoms with Gasteiger partial charge >= 0.3 is 0 Å². The van der Waals surface area contributed by atoms with Crippen LogP contribution in [-0.4, -0.2) is 4.98 Å². The zero-order valence-corrected chi connectivity index (χ0v) is 17.0. The number of rotatable bonds is 2. The van der Waals surface area contributed by atoms with Crippen molar-refractivity contribution in [2.24, 2.45) is 0 Å². The number of thiophene rings is 1. The van der Waals surface area contributed by atoms with E-state index >= 15 is 0 Å². The molecule has 3 aromatic rings. The number of halogens is 1. The van der Waals surface area contributed by atoms with Gasteiger partial charge in [0.15, 0.2) is 0 Å². The van der Waals surface area contributed by atoms with Crippen LogP contribution in [-0.2, 0) is 5.41 Å². The second kappa shape index (κ2) is 8.03. The van der Waals surface area contributed by atoms with E-state index in [9.17, 15) is 0 Å². The third-order valence-electron chi connectivity index (χ3n) is 3.72. The number of aromatic nitrogens is 1. The molecular weight excluding hydrogens is 348 g/mol. The van der Waals surface area contributed by atoms with Gasteiger partial charge in [-0.2, -0.15) is 0 Å². The first-order valence-electron chi connectivity index (χ1n) is 8.45. The summed E-state index contributed by atoms with van der Waals surface area (Å²) >= 11 is 8.01. The van der Waals surface area contributed by atoms with Crippen LogP contribution in [0, 0.1) is 0 Å².